The number of hydrogen-bond donors (Lipinski definition) is 1. The second-order valence-electron chi connectivity index (χ2n) is 10.5. The molecule has 3 heterocycles. The highest BCUT2D eigenvalue weighted by Gasteiger charge is 2.70. The number of amides is 1. The van der Waals surface area contributed by atoms with Crippen LogP contribution >= 0.6 is 0 Å². The summed E-state index contributed by atoms with van der Waals surface area (Å²) < 4.78 is 20.6. The molecular weight excluding hydrogens is 519 g/mol. The Kier molecular flexibility index (Phi) is 5.64. The van der Waals surface area contributed by atoms with E-state index in [1.165, 1.54) is 25.3 Å². The highest BCUT2D eigenvalue weighted by Crippen LogP contribution is 2.58. The second-order valence-corrected chi connectivity index (χ2v) is 10.5. The molecule has 7 rings (SSSR count). The summed E-state index contributed by atoms with van der Waals surface area (Å²) in [5.41, 5.74) is 1.47. The maximum Gasteiger partial charge on any atom is 0.238 e. The number of carbonyl (C=O) groups is 3. The van der Waals surface area contributed by atoms with Crippen molar-refractivity contribution in [1.29, 1.82) is 0 Å². The van der Waals surface area contributed by atoms with Crippen molar-refractivity contribution >= 4 is 34.9 Å². The van der Waals surface area contributed by atoms with E-state index in [9.17, 15) is 14.4 Å². The largest absolute Gasteiger partial charge is 0.497 e. The van der Waals surface area contributed by atoms with Crippen molar-refractivity contribution in [3.63, 3.8) is 0 Å². The number of hydrogen-bond acceptors (Lipinski definition) is 5. The van der Waals surface area contributed by atoms with Crippen molar-refractivity contribution in [3.05, 3.63) is 131 Å². The lowest BCUT2D eigenvalue weighted by atomic mass is 9.64. The Balaban J connectivity index is 1.55. The number of halogens is 1. The Hall–Kier alpha value is -5.04. The fraction of sp³-hybridized carbons (Fsp3) is 0.147. The van der Waals surface area contributed by atoms with Gasteiger partial charge in [0.05, 0.1) is 24.6 Å². The monoisotopic (exact) mass is 544 g/mol. The maximum absolute atomic E-state index is 15.2. The highest BCUT2D eigenvalue weighted by molar-refractivity contribution is 6.18. The Bertz CT molecular complexity index is 1780. The number of nitrogens with zero attached hydrogens (tertiary/aromatic N) is 1. The lowest BCUT2D eigenvalue weighted by molar-refractivity contribution is -0.121. The quantitative estimate of drug-likeness (QED) is 0.327. The van der Waals surface area contributed by atoms with Gasteiger partial charge >= 0.3 is 0 Å². The van der Waals surface area contributed by atoms with Crippen LogP contribution < -0.4 is 15.0 Å². The molecule has 1 fully saturated rings. The average Bonchev–Trinajstić information content (AvgIpc) is 3.49. The lowest BCUT2D eigenvalue weighted by Gasteiger charge is -2.37. The third kappa shape index (κ3) is 3.45. The summed E-state index contributed by atoms with van der Waals surface area (Å²) in [5.74, 6) is -2.73. The van der Waals surface area contributed by atoms with Gasteiger partial charge < -0.3 is 15.0 Å². The van der Waals surface area contributed by atoms with Crippen molar-refractivity contribution in [2.45, 2.75) is 17.5 Å². The predicted molar refractivity (Wildman–Crippen MR) is 154 cm³/mol. The van der Waals surface area contributed by atoms with E-state index in [1.807, 2.05) is 59.5 Å². The Morgan fingerprint density at radius 2 is 1.66 bits per heavy atom. The number of ether oxygens (including phenoxy) is 1. The van der Waals surface area contributed by atoms with Crippen LogP contribution in [-0.4, -0.2) is 36.7 Å². The van der Waals surface area contributed by atoms with Crippen LogP contribution in [0.2, 0.25) is 0 Å². The van der Waals surface area contributed by atoms with Crippen molar-refractivity contribution in [2.24, 2.45) is 5.92 Å². The Morgan fingerprint density at radius 1 is 0.902 bits per heavy atom. The molecule has 3 aliphatic heterocycles. The van der Waals surface area contributed by atoms with Crippen LogP contribution in [0.25, 0.3) is 6.08 Å². The van der Waals surface area contributed by atoms with Gasteiger partial charge in [-0.2, -0.15) is 0 Å². The normalized spacial score (nSPS) is 23.5. The Labute approximate surface area is 236 Å². The van der Waals surface area contributed by atoms with Crippen LogP contribution in [0.4, 0.5) is 15.8 Å². The van der Waals surface area contributed by atoms with Gasteiger partial charge in [-0.05, 0) is 47.5 Å². The summed E-state index contributed by atoms with van der Waals surface area (Å²) in [6, 6.07) is 25.4. The molecule has 4 atom stereocenters. The smallest absolute Gasteiger partial charge is 0.238 e. The van der Waals surface area contributed by atoms with E-state index in [1.54, 1.807) is 36.4 Å². The summed E-state index contributed by atoms with van der Waals surface area (Å²) in [6.07, 6.45) is 3.82. The molecule has 41 heavy (non-hydrogen) atoms. The lowest BCUT2D eigenvalue weighted by Crippen LogP contribution is -2.51. The molecule has 1 amide bonds. The standard InChI is InChI=1S/C34H25FN2O4/c1-41-22-11-8-10-21(19-22)31(38)29-30(32(39)23-12-3-5-14-25(23)35)37-27-16-7-2-9-20(27)17-18-28(37)34(29)24-13-4-6-15-26(24)36-33(34)40/h2-19,28-30H,1H3,(H,36,40)/t28-,29+,30-,34+/m1/s1. The molecule has 7 heteroatoms. The number of Topliss-reactive ketones (excluding diaryl/α,β-unsaturated/α-hetero) is 2. The number of benzene rings is 4. The summed E-state index contributed by atoms with van der Waals surface area (Å²) in [7, 11) is 1.51. The second kappa shape index (κ2) is 9.27. The van der Waals surface area contributed by atoms with E-state index in [4.69, 9.17) is 4.74 Å². The minimum atomic E-state index is -1.47. The molecule has 0 saturated carbocycles. The number of nitrogens with one attached hydrogen (secondary N) is 1. The molecule has 6 nitrogen and oxygen atoms in total. The molecule has 0 bridgehead atoms. The van der Waals surface area contributed by atoms with Crippen LogP contribution in [0.15, 0.2) is 103 Å². The molecule has 1 N–H and O–H groups in total. The van der Waals surface area contributed by atoms with E-state index >= 15 is 4.39 Å². The van der Waals surface area contributed by atoms with E-state index in [-0.39, 0.29) is 11.5 Å². The number of ketones is 2. The molecule has 1 spiro atoms. The van der Waals surface area contributed by atoms with Crippen molar-refractivity contribution in [3.8, 4) is 5.75 Å². The minimum absolute atomic E-state index is 0.129. The first-order valence-corrected chi connectivity index (χ1v) is 13.4. The minimum Gasteiger partial charge on any atom is -0.497 e. The van der Waals surface area contributed by atoms with Gasteiger partial charge in [-0.15, -0.1) is 0 Å². The van der Waals surface area contributed by atoms with Crippen LogP contribution in [0.1, 0.15) is 31.8 Å². The fourth-order valence-electron chi connectivity index (χ4n) is 6.90. The van der Waals surface area contributed by atoms with E-state index in [0.717, 1.165) is 5.56 Å². The fourth-order valence-corrected chi connectivity index (χ4v) is 6.90. The molecule has 4 aromatic carbocycles. The first-order chi connectivity index (χ1) is 20.0. The van der Waals surface area contributed by atoms with Crippen LogP contribution in [0, 0.1) is 11.7 Å². The zero-order valence-corrected chi connectivity index (χ0v) is 22.1. The molecule has 0 aromatic heterocycles. The summed E-state index contributed by atoms with van der Waals surface area (Å²) in [6.45, 7) is 0. The van der Waals surface area contributed by atoms with E-state index in [2.05, 4.69) is 5.32 Å². The van der Waals surface area contributed by atoms with Gasteiger partial charge in [0.15, 0.2) is 11.6 Å². The maximum atomic E-state index is 15.2. The molecule has 4 aromatic rings. The summed E-state index contributed by atoms with van der Waals surface area (Å²) in [4.78, 5) is 45.5. The Morgan fingerprint density at radius 3 is 2.49 bits per heavy atom. The van der Waals surface area contributed by atoms with Gasteiger partial charge in [0.2, 0.25) is 5.91 Å². The number of fused-ring (bicyclic) bond motifs is 6. The van der Waals surface area contributed by atoms with Crippen LogP contribution in [0.3, 0.4) is 0 Å². The van der Waals surface area contributed by atoms with Gasteiger partial charge in [0, 0.05) is 16.9 Å². The highest BCUT2D eigenvalue weighted by atomic mass is 19.1. The topological polar surface area (TPSA) is 75.7 Å². The molecule has 0 unspecified atom stereocenters. The number of para-hydroxylation sites is 2. The SMILES string of the molecule is COc1cccc(C(=O)[C@@H]2[C@H](C(=O)c3ccccc3F)N3c4ccccc4C=C[C@@H]3[C@]23C(=O)Nc2ccccc23)c1. The molecule has 1 saturated heterocycles. The first-order valence-electron chi connectivity index (χ1n) is 13.4. The first kappa shape index (κ1) is 25.0. The van der Waals surface area contributed by atoms with Crippen molar-refractivity contribution in [2.75, 3.05) is 17.3 Å². The van der Waals surface area contributed by atoms with Gasteiger partial charge in [-0.25, -0.2) is 4.39 Å². The number of carbonyl (C=O) groups excluding carboxylic acids is 3. The number of anilines is 2. The third-order valence-corrected chi connectivity index (χ3v) is 8.59. The molecule has 0 aliphatic carbocycles. The average molecular weight is 545 g/mol. The van der Waals surface area contributed by atoms with Crippen molar-refractivity contribution < 1.29 is 23.5 Å². The number of methoxy groups -OCH3 is 1. The molecule has 3 aliphatic rings. The zero-order valence-electron chi connectivity index (χ0n) is 22.1. The van der Waals surface area contributed by atoms with E-state index < -0.39 is 40.8 Å². The van der Waals surface area contributed by atoms with Gasteiger partial charge in [-0.3, -0.25) is 14.4 Å². The van der Waals surface area contributed by atoms with Crippen LogP contribution in [0.5, 0.6) is 5.75 Å². The van der Waals surface area contributed by atoms with E-state index in [0.29, 0.717) is 28.3 Å². The van der Waals surface area contributed by atoms with Crippen molar-refractivity contribution in [1.82, 2.24) is 0 Å². The zero-order chi connectivity index (χ0) is 28.3. The molecule has 0 radical (unpaired) electrons. The third-order valence-electron chi connectivity index (χ3n) is 8.59. The molecular formula is C34H25FN2O4. The van der Waals surface area contributed by atoms with Gasteiger partial charge in [-0.1, -0.05) is 72.8 Å². The van der Waals surface area contributed by atoms with Crippen LogP contribution in [-0.2, 0) is 10.2 Å². The van der Waals surface area contributed by atoms with Gasteiger partial charge in [0.25, 0.3) is 0 Å². The van der Waals surface area contributed by atoms with Gasteiger partial charge in [0.1, 0.15) is 23.0 Å². The summed E-state index contributed by atoms with van der Waals surface area (Å²) >= 11 is 0. The molecule has 202 valence electrons. The predicted octanol–water partition coefficient (Wildman–Crippen LogP) is 5.69. The summed E-state index contributed by atoms with van der Waals surface area (Å²) in [5, 5.41) is 2.99. The number of rotatable bonds is 5.